The largest absolute Gasteiger partial charge is 0.457 e. The lowest BCUT2D eigenvalue weighted by Gasteiger charge is -2.22. The quantitative estimate of drug-likeness (QED) is 0.0596. The van der Waals surface area contributed by atoms with Crippen molar-refractivity contribution in [3.63, 3.8) is 0 Å². The molecule has 0 N–H and O–H groups in total. The Morgan fingerprint density at radius 1 is 0.820 bits per heavy atom. The van der Waals surface area contributed by atoms with E-state index in [1.165, 1.54) is 0 Å². The van der Waals surface area contributed by atoms with Crippen LogP contribution in [0.3, 0.4) is 0 Å². The SMILES string of the molecule is CC(C)C(C(=O)OC(C#N)c1cccc(Oc2ccccc2)c1)c1ccc(Cl)cc1.Cc1nn(C)c(Oc2ccccc2)c1/C=N/OCc1ccc(C(=O)OC(C)(C)C)cc1. The zero-order chi connectivity index (χ0) is 43.9. The second-order valence-electron chi connectivity index (χ2n) is 15.3. The van der Waals surface area contributed by atoms with Crippen molar-refractivity contribution < 1.29 is 33.4 Å². The van der Waals surface area contributed by atoms with Crippen molar-refractivity contribution >= 4 is 29.8 Å². The molecule has 2 unspecified atom stereocenters. The highest BCUT2D eigenvalue weighted by Crippen LogP contribution is 2.32. The monoisotopic (exact) mass is 840 g/mol. The van der Waals surface area contributed by atoms with E-state index in [0.717, 1.165) is 22.4 Å². The van der Waals surface area contributed by atoms with Gasteiger partial charge in [0.05, 0.1) is 29.0 Å². The molecule has 61 heavy (non-hydrogen) atoms. The number of nitriles is 1. The molecule has 1 heterocycles. The molecule has 0 amide bonds. The summed E-state index contributed by atoms with van der Waals surface area (Å²) in [5, 5.41) is 18.7. The van der Waals surface area contributed by atoms with Crippen molar-refractivity contribution in [3.8, 4) is 29.2 Å². The number of nitrogens with zero attached hydrogens (tertiary/aromatic N) is 4. The molecule has 0 aliphatic rings. The fourth-order valence-electron chi connectivity index (χ4n) is 5.99. The molecule has 11 nitrogen and oxygen atoms in total. The first-order valence-corrected chi connectivity index (χ1v) is 20.0. The average Bonchev–Trinajstić information content (AvgIpc) is 3.50. The smallest absolute Gasteiger partial charge is 0.338 e. The van der Waals surface area contributed by atoms with E-state index in [0.29, 0.717) is 39.3 Å². The predicted octanol–water partition coefficient (Wildman–Crippen LogP) is 11.7. The number of halogens is 1. The Bertz CT molecular complexity index is 2420. The standard InChI is InChI=1S/C25H22ClNO3.C24H27N3O4/c1-17(2)24(18-11-13-20(26)14-12-18)25(28)30-23(16-27)19-7-6-10-22(15-19)29-21-8-4-3-5-9-21;1-17-21(22(27(5)26-17)30-20-9-7-6-8-10-20)15-25-29-16-18-11-13-19(14-12-18)23(28)31-24(2,3)4/h3-15,17,23-24H,1-2H3;6-15H,16H2,1-5H3/b;25-15+. The van der Waals surface area contributed by atoms with Gasteiger partial charge in [-0.2, -0.15) is 10.4 Å². The van der Waals surface area contributed by atoms with Gasteiger partial charge in [0.25, 0.3) is 0 Å². The number of carbonyl (C=O) groups excluding carboxylic acids is 2. The minimum absolute atomic E-state index is 0.00855. The van der Waals surface area contributed by atoms with Gasteiger partial charge in [-0.3, -0.25) is 4.79 Å². The van der Waals surface area contributed by atoms with E-state index in [9.17, 15) is 14.9 Å². The molecule has 0 saturated heterocycles. The number of aromatic nitrogens is 2. The van der Waals surface area contributed by atoms with Crippen molar-refractivity contribution in [2.75, 3.05) is 0 Å². The number of oxime groups is 1. The number of hydrogen-bond acceptors (Lipinski definition) is 10. The van der Waals surface area contributed by atoms with Gasteiger partial charge in [0.2, 0.25) is 12.0 Å². The van der Waals surface area contributed by atoms with Crippen LogP contribution in [-0.2, 0) is 32.8 Å². The lowest BCUT2D eigenvalue weighted by molar-refractivity contribution is -0.150. The van der Waals surface area contributed by atoms with Crippen molar-refractivity contribution in [3.05, 3.63) is 172 Å². The second-order valence-corrected chi connectivity index (χ2v) is 15.7. The fraction of sp³-hybridized carbons (Fsp3) is 0.245. The van der Waals surface area contributed by atoms with Crippen LogP contribution in [0, 0.1) is 24.2 Å². The van der Waals surface area contributed by atoms with Crippen LogP contribution in [0.15, 0.2) is 139 Å². The normalized spacial score (nSPS) is 12.1. The van der Waals surface area contributed by atoms with E-state index < -0.39 is 23.6 Å². The van der Waals surface area contributed by atoms with Gasteiger partial charge in [-0.15, -0.1) is 0 Å². The molecular weight excluding hydrogens is 792 g/mol. The third-order valence-electron chi connectivity index (χ3n) is 8.89. The molecule has 12 heteroatoms. The van der Waals surface area contributed by atoms with Crippen LogP contribution in [0.2, 0.25) is 5.02 Å². The summed E-state index contributed by atoms with van der Waals surface area (Å²) < 4.78 is 24.4. The third-order valence-corrected chi connectivity index (χ3v) is 9.14. The molecule has 0 aliphatic carbocycles. The van der Waals surface area contributed by atoms with Crippen LogP contribution >= 0.6 is 11.6 Å². The summed E-state index contributed by atoms with van der Waals surface area (Å²) in [5.74, 6) is 1.23. The molecule has 0 fully saturated rings. The number of benzene rings is 5. The molecule has 5 aromatic carbocycles. The Hall–Kier alpha value is -6.90. The summed E-state index contributed by atoms with van der Waals surface area (Å²) in [5.41, 5.74) is 3.73. The molecule has 2 atom stereocenters. The maximum atomic E-state index is 13.0. The summed E-state index contributed by atoms with van der Waals surface area (Å²) in [4.78, 5) is 30.5. The Morgan fingerprint density at radius 3 is 2.02 bits per heavy atom. The fourth-order valence-corrected chi connectivity index (χ4v) is 6.11. The first kappa shape index (κ1) is 45.2. The molecule has 0 aliphatic heterocycles. The van der Waals surface area contributed by atoms with Crippen LogP contribution in [0.25, 0.3) is 0 Å². The highest BCUT2D eigenvalue weighted by molar-refractivity contribution is 6.30. The first-order valence-electron chi connectivity index (χ1n) is 19.6. The van der Waals surface area contributed by atoms with Crippen molar-refractivity contribution in [2.24, 2.45) is 18.1 Å². The maximum absolute atomic E-state index is 13.0. The molecule has 314 valence electrons. The molecular formula is C49H49ClN4O7. The van der Waals surface area contributed by atoms with Gasteiger partial charge in [0, 0.05) is 17.6 Å². The molecule has 0 radical (unpaired) electrons. The summed E-state index contributed by atoms with van der Waals surface area (Å²) >= 11 is 5.96. The molecule has 6 rings (SSSR count). The van der Waals surface area contributed by atoms with Gasteiger partial charge in [-0.1, -0.05) is 103 Å². The Labute approximate surface area is 362 Å². The minimum Gasteiger partial charge on any atom is -0.457 e. The summed E-state index contributed by atoms with van der Waals surface area (Å²) in [6.45, 7) is 11.5. The van der Waals surface area contributed by atoms with E-state index >= 15 is 0 Å². The summed E-state index contributed by atoms with van der Waals surface area (Å²) in [6, 6.07) is 42.1. The van der Waals surface area contributed by atoms with E-state index in [1.54, 1.807) is 59.4 Å². The van der Waals surface area contributed by atoms with Crippen LogP contribution in [0.5, 0.6) is 23.1 Å². The van der Waals surface area contributed by atoms with E-state index in [4.69, 9.17) is 35.4 Å². The zero-order valence-corrected chi connectivity index (χ0v) is 36.0. The van der Waals surface area contributed by atoms with Crippen molar-refractivity contribution in [1.29, 1.82) is 5.26 Å². The summed E-state index contributed by atoms with van der Waals surface area (Å²) in [7, 11) is 1.82. The second kappa shape index (κ2) is 21.4. The lowest BCUT2D eigenvalue weighted by atomic mass is 9.88. The first-order chi connectivity index (χ1) is 29.2. The van der Waals surface area contributed by atoms with Crippen LogP contribution in [-0.4, -0.2) is 33.5 Å². The number of hydrogen-bond donors (Lipinski definition) is 0. The number of rotatable bonds is 14. The number of carbonyl (C=O) groups is 2. The van der Waals surface area contributed by atoms with E-state index in [1.807, 2.05) is 134 Å². The van der Waals surface area contributed by atoms with E-state index in [2.05, 4.69) is 16.3 Å². The lowest BCUT2D eigenvalue weighted by Crippen LogP contribution is -2.23. The van der Waals surface area contributed by atoms with Gasteiger partial charge in [0.1, 0.15) is 35.5 Å². The Morgan fingerprint density at radius 2 is 1.43 bits per heavy atom. The van der Waals surface area contributed by atoms with Crippen molar-refractivity contribution in [2.45, 2.75) is 65.8 Å². The molecule has 6 aromatic rings. The third kappa shape index (κ3) is 13.6. The Kier molecular flexibility index (Phi) is 15.8. The van der Waals surface area contributed by atoms with Crippen LogP contribution in [0.1, 0.15) is 84.9 Å². The Balaban J connectivity index is 0.000000231. The average molecular weight is 841 g/mol. The number of para-hydroxylation sites is 2. The van der Waals surface area contributed by atoms with Gasteiger partial charge in [-0.25, -0.2) is 9.48 Å². The van der Waals surface area contributed by atoms with Gasteiger partial charge in [-0.05, 0) is 105 Å². The molecule has 0 bridgehead atoms. The highest BCUT2D eigenvalue weighted by atomic mass is 35.5. The predicted molar refractivity (Wildman–Crippen MR) is 235 cm³/mol. The topological polar surface area (TPSA) is 134 Å². The molecule has 0 spiro atoms. The number of ether oxygens (including phenoxy) is 4. The highest BCUT2D eigenvalue weighted by Gasteiger charge is 2.29. The zero-order valence-electron chi connectivity index (χ0n) is 35.2. The van der Waals surface area contributed by atoms with E-state index in [-0.39, 0.29) is 18.5 Å². The number of esters is 2. The van der Waals surface area contributed by atoms with Crippen LogP contribution < -0.4 is 9.47 Å². The van der Waals surface area contributed by atoms with Gasteiger partial charge >= 0.3 is 11.9 Å². The van der Waals surface area contributed by atoms with Crippen LogP contribution in [0.4, 0.5) is 0 Å². The van der Waals surface area contributed by atoms with Gasteiger partial charge in [0.15, 0.2) is 0 Å². The maximum Gasteiger partial charge on any atom is 0.338 e. The molecule has 0 saturated carbocycles. The van der Waals surface area contributed by atoms with Crippen molar-refractivity contribution in [1.82, 2.24) is 9.78 Å². The minimum atomic E-state index is -1.04. The molecule has 1 aromatic heterocycles. The number of aryl methyl sites for hydroxylation is 2. The summed E-state index contributed by atoms with van der Waals surface area (Å²) in [6.07, 6.45) is 0.556. The van der Waals surface area contributed by atoms with Gasteiger partial charge < -0.3 is 23.8 Å².